The molecule has 0 saturated carbocycles. The van der Waals surface area contributed by atoms with Crippen molar-refractivity contribution in [2.24, 2.45) is 5.92 Å². The molecule has 1 saturated heterocycles. The van der Waals surface area contributed by atoms with E-state index in [2.05, 4.69) is 28.6 Å². The maximum absolute atomic E-state index is 13.0. The SMILES string of the molecule is CCCn1c(C)cc(C(=O)CN2CCC(C(=O)c3ccc4c(c3)NC(=O)CO4)CC2)c1C. The number of ketones is 2. The molecule has 0 radical (unpaired) electrons. The number of likely N-dealkylation sites (tertiary alicyclic amines) is 1. The number of fused-ring (bicyclic) bond motifs is 1. The number of carbonyl (C=O) groups is 3. The molecule has 1 fully saturated rings. The number of Topliss-reactive ketones (excluding diaryl/α,β-unsaturated/α-hetero) is 2. The second-order valence-corrected chi connectivity index (χ2v) is 8.82. The van der Waals surface area contributed by atoms with Gasteiger partial charge in [0.2, 0.25) is 0 Å². The lowest BCUT2D eigenvalue weighted by Crippen LogP contribution is -2.39. The molecule has 2 aliphatic heterocycles. The molecule has 0 bridgehead atoms. The Hall–Kier alpha value is -2.93. The normalized spacial score (nSPS) is 16.9. The molecule has 32 heavy (non-hydrogen) atoms. The number of hydrogen-bond acceptors (Lipinski definition) is 5. The van der Waals surface area contributed by atoms with Gasteiger partial charge in [0.15, 0.2) is 18.2 Å². The number of amides is 1. The van der Waals surface area contributed by atoms with Gasteiger partial charge in [-0.15, -0.1) is 0 Å². The molecule has 1 amide bonds. The van der Waals surface area contributed by atoms with E-state index in [1.165, 1.54) is 0 Å². The summed E-state index contributed by atoms with van der Waals surface area (Å²) in [4.78, 5) is 39.7. The molecule has 2 aliphatic rings. The van der Waals surface area contributed by atoms with E-state index in [9.17, 15) is 14.4 Å². The zero-order valence-corrected chi connectivity index (χ0v) is 19.1. The molecular weight excluding hydrogens is 406 g/mol. The van der Waals surface area contributed by atoms with E-state index in [1.54, 1.807) is 18.2 Å². The highest BCUT2D eigenvalue weighted by Crippen LogP contribution is 2.31. The van der Waals surface area contributed by atoms with Gasteiger partial charge in [0.25, 0.3) is 5.91 Å². The van der Waals surface area contributed by atoms with Crippen LogP contribution in [0.25, 0.3) is 0 Å². The third kappa shape index (κ3) is 4.48. The van der Waals surface area contributed by atoms with Crippen LogP contribution in [-0.2, 0) is 11.3 Å². The number of benzene rings is 1. The van der Waals surface area contributed by atoms with Crippen LogP contribution in [0.2, 0.25) is 0 Å². The molecule has 0 unspecified atom stereocenters. The number of nitrogens with zero attached hydrogens (tertiary/aromatic N) is 2. The third-order valence-electron chi connectivity index (χ3n) is 6.54. The van der Waals surface area contributed by atoms with Crippen LogP contribution >= 0.6 is 0 Å². The Bertz CT molecular complexity index is 1050. The van der Waals surface area contributed by atoms with E-state index < -0.39 is 0 Å². The largest absolute Gasteiger partial charge is 0.482 e. The van der Waals surface area contributed by atoms with Crippen LogP contribution in [0.15, 0.2) is 24.3 Å². The standard InChI is InChI=1S/C25H31N3O4/c1-4-9-28-16(2)12-20(17(28)3)22(29)14-27-10-7-18(8-11-27)25(31)19-5-6-23-21(13-19)26-24(30)15-32-23/h5-6,12-13,18H,4,7-11,14-15H2,1-3H3,(H,26,30). The van der Waals surface area contributed by atoms with Gasteiger partial charge in [-0.3, -0.25) is 19.3 Å². The van der Waals surface area contributed by atoms with Crippen molar-refractivity contribution in [2.75, 3.05) is 31.6 Å². The fraction of sp³-hybridized carbons (Fsp3) is 0.480. The number of piperidine rings is 1. The van der Waals surface area contributed by atoms with Crippen LogP contribution in [0, 0.1) is 19.8 Å². The molecule has 1 aromatic carbocycles. The Morgan fingerprint density at radius 1 is 1.16 bits per heavy atom. The van der Waals surface area contributed by atoms with E-state index in [0.29, 0.717) is 23.5 Å². The summed E-state index contributed by atoms with van der Waals surface area (Å²) in [7, 11) is 0. The molecule has 3 heterocycles. The Labute approximate surface area is 188 Å². The highest BCUT2D eigenvalue weighted by molar-refractivity contribution is 6.02. The van der Waals surface area contributed by atoms with Crippen LogP contribution in [0.3, 0.4) is 0 Å². The third-order valence-corrected chi connectivity index (χ3v) is 6.54. The van der Waals surface area contributed by atoms with Gasteiger partial charge in [0.05, 0.1) is 12.2 Å². The van der Waals surface area contributed by atoms with E-state index in [1.807, 2.05) is 13.0 Å². The molecule has 1 N–H and O–H groups in total. The van der Waals surface area contributed by atoms with E-state index >= 15 is 0 Å². The molecular formula is C25H31N3O4. The molecule has 7 heteroatoms. The summed E-state index contributed by atoms with van der Waals surface area (Å²) < 4.78 is 7.58. The second kappa shape index (κ2) is 9.28. The zero-order valence-electron chi connectivity index (χ0n) is 19.1. The Morgan fingerprint density at radius 2 is 1.91 bits per heavy atom. The van der Waals surface area contributed by atoms with Gasteiger partial charge in [-0.05, 0) is 70.5 Å². The summed E-state index contributed by atoms with van der Waals surface area (Å²) in [6.07, 6.45) is 2.48. The maximum Gasteiger partial charge on any atom is 0.262 e. The molecule has 2 aromatic rings. The fourth-order valence-electron chi connectivity index (χ4n) is 4.76. The van der Waals surface area contributed by atoms with Crippen molar-refractivity contribution in [3.8, 4) is 5.75 Å². The molecule has 170 valence electrons. The number of aromatic nitrogens is 1. The molecule has 7 nitrogen and oxygen atoms in total. The number of anilines is 1. The van der Waals surface area contributed by atoms with Crippen LogP contribution < -0.4 is 10.1 Å². The average Bonchev–Trinajstić information content (AvgIpc) is 3.07. The van der Waals surface area contributed by atoms with Gasteiger partial charge in [-0.25, -0.2) is 0 Å². The van der Waals surface area contributed by atoms with Crippen LogP contribution in [-0.4, -0.2) is 53.2 Å². The lowest BCUT2D eigenvalue weighted by atomic mass is 9.88. The smallest absolute Gasteiger partial charge is 0.262 e. The van der Waals surface area contributed by atoms with Gasteiger partial charge >= 0.3 is 0 Å². The predicted octanol–water partition coefficient (Wildman–Crippen LogP) is 3.62. The lowest BCUT2D eigenvalue weighted by molar-refractivity contribution is -0.118. The van der Waals surface area contributed by atoms with Crippen molar-refractivity contribution >= 4 is 23.2 Å². The van der Waals surface area contributed by atoms with Gasteiger partial charge in [0.1, 0.15) is 5.75 Å². The first kappa shape index (κ1) is 22.3. The minimum Gasteiger partial charge on any atom is -0.482 e. The molecule has 4 rings (SSSR count). The van der Waals surface area contributed by atoms with Crippen molar-refractivity contribution in [1.82, 2.24) is 9.47 Å². The van der Waals surface area contributed by atoms with Gasteiger partial charge in [-0.1, -0.05) is 6.92 Å². The van der Waals surface area contributed by atoms with Crippen molar-refractivity contribution < 1.29 is 19.1 Å². The molecule has 0 aliphatic carbocycles. The van der Waals surface area contributed by atoms with Crippen molar-refractivity contribution in [3.63, 3.8) is 0 Å². The summed E-state index contributed by atoms with van der Waals surface area (Å²) in [5.41, 5.74) is 4.13. The molecule has 0 spiro atoms. The summed E-state index contributed by atoms with van der Waals surface area (Å²) in [5, 5.41) is 2.76. The van der Waals surface area contributed by atoms with Gasteiger partial charge in [0, 0.05) is 35.0 Å². The summed E-state index contributed by atoms with van der Waals surface area (Å²) in [6.45, 7) is 8.97. The number of nitrogens with one attached hydrogen (secondary N) is 1. The fourth-order valence-corrected chi connectivity index (χ4v) is 4.76. The minimum absolute atomic E-state index is 0.000104. The molecule has 0 atom stereocenters. The highest BCUT2D eigenvalue weighted by Gasteiger charge is 2.28. The number of hydrogen-bond donors (Lipinski definition) is 1. The quantitative estimate of drug-likeness (QED) is 0.669. The summed E-state index contributed by atoms with van der Waals surface area (Å²) in [6, 6.07) is 7.21. The maximum atomic E-state index is 13.0. The van der Waals surface area contributed by atoms with Crippen molar-refractivity contribution in [3.05, 3.63) is 46.8 Å². The monoisotopic (exact) mass is 437 g/mol. The van der Waals surface area contributed by atoms with Crippen LogP contribution in [0.1, 0.15) is 58.3 Å². The average molecular weight is 438 g/mol. The Kier molecular flexibility index (Phi) is 6.46. The summed E-state index contributed by atoms with van der Waals surface area (Å²) >= 11 is 0. The number of ether oxygens (including phenoxy) is 1. The zero-order chi connectivity index (χ0) is 22.8. The van der Waals surface area contributed by atoms with E-state index in [-0.39, 0.29) is 30.0 Å². The minimum atomic E-state index is -0.212. The number of rotatable bonds is 7. The first-order valence-electron chi connectivity index (χ1n) is 11.4. The van der Waals surface area contributed by atoms with Crippen LogP contribution in [0.5, 0.6) is 5.75 Å². The van der Waals surface area contributed by atoms with Crippen molar-refractivity contribution in [1.29, 1.82) is 0 Å². The number of carbonyl (C=O) groups excluding carboxylic acids is 3. The van der Waals surface area contributed by atoms with E-state index in [4.69, 9.17) is 4.74 Å². The van der Waals surface area contributed by atoms with Crippen molar-refractivity contribution in [2.45, 2.75) is 46.6 Å². The first-order valence-corrected chi connectivity index (χ1v) is 11.4. The van der Waals surface area contributed by atoms with Gasteiger partial charge < -0.3 is 14.6 Å². The lowest BCUT2D eigenvalue weighted by Gasteiger charge is -2.31. The van der Waals surface area contributed by atoms with Gasteiger partial charge in [-0.2, -0.15) is 0 Å². The number of aryl methyl sites for hydroxylation is 1. The second-order valence-electron chi connectivity index (χ2n) is 8.82. The van der Waals surface area contributed by atoms with Crippen LogP contribution in [0.4, 0.5) is 5.69 Å². The highest BCUT2D eigenvalue weighted by atomic mass is 16.5. The first-order chi connectivity index (χ1) is 15.4. The Morgan fingerprint density at radius 3 is 2.62 bits per heavy atom. The topological polar surface area (TPSA) is 80.6 Å². The predicted molar refractivity (Wildman–Crippen MR) is 123 cm³/mol. The Balaban J connectivity index is 1.35. The van der Waals surface area contributed by atoms with E-state index in [0.717, 1.165) is 55.8 Å². The molecule has 1 aromatic heterocycles. The summed E-state index contributed by atoms with van der Waals surface area (Å²) in [5.74, 6) is 0.537.